The summed E-state index contributed by atoms with van der Waals surface area (Å²) in [5, 5.41) is 0.756. The molecule has 2 rings (SSSR count). The Balaban J connectivity index is 2.10. The third kappa shape index (κ3) is 3.25. The smallest absolute Gasteiger partial charge is 0.0486 e. The molecule has 1 saturated heterocycles. The predicted molar refractivity (Wildman–Crippen MR) is 78.9 cm³/mol. The van der Waals surface area contributed by atoms with Gasteiger partial charge in [-0.2, -0.15) is 11.8 Å². The maximum Gasteiger partial charge on any atom is 0.0486 e. The van der Waals surface area contributed by atoms with Gasteiger partial charge in [-0.25, -0.2) is 0 Å². The summed E-state index contributed by atoms with van der Waals surface area (Å²) >= 11 is 2.09. The lowest BCUT2D eigenvalue weighted by Crippen LogP contribution is -2.42. The van der Waals surface area contributed by atoms with Crippen LogP contribution in [0.5, 0.6) is 0 Å². The minimum Gasteiger partial charge on any atom is -0.329 e. The van der Waals surface area contributed by atoms with Crippen molar-refractivity contribution in [2.45, 2.75) is 31.6 Å². The van der Waals surface area contributed by atoms with E-state index >= 15 is 0 Å². The van der Waals surface area contributed by atoms with Gasteiger partial charge in [0.05, 0.1) is 0 Å². The zero-order valence-corrected chi connectivity index (χ0v) is 12.1. The molecule has 2 unspecified atom stereocenters. The standard InChI is InChI=1S/C14H23N3S/c1-3-13-10-17(6-7-18-13)14(8-15)12-5-4-11(2)16-9-12/h4-5,9,13-14H,3,6-8,10,15H2,1-2H3. The predicted octanol–water partition coefficient (Wildman–Crippen LogP) is 2.22. The molecule has 2 atom stereocenters. The Morgan fingerprint density at radius 1 is 1.56 bits per heavy atom. The van der Waals surface area contributed by atoms with E-state index in [1.807, 2.05) is 13.1 Å². The monoisotopic (exact) mass is 265 g/mol. The largest absolute Gasteiger partial charge is 0.329 e. The van der Waals surface area contributed by atoms with Gasteiger partial charge in [-0.3, -0.25) is 9.88 Å². The Morgan fingerprint density at radius 3 is 3.00 bits per heavy atom. The van der Waals surface area contributed by atoms with E-state index in [9.17, 15) is 0 Å². The summed E-state index contributed by atoms with van der Waals surface area (Å²) in [6.07, 6.45) is 3.22. The molecule has 0 saturated carbocycles. The van der Waals surface area contributed by atoms with Crippen molar-refractivity contribution in [3.05, 3.63) is 29.6 Å². The summed E-state index contributed by atoms with van der Waals surface area (Å²) < 4.78 is 0. The van der Waals surface area contributed by atoms with E-state index < -0.39 is 0 Å². The van der Waals surface area contributed by atoms with Gasteiger partial charge < -0.3 is 5.73 Å². The summed E-state index contributed by atoms with van der Waals surface area (Å²) in [5.41, 5.74) is 8.30. The fourth-order valence-corrected chi connectivity index (χ4v) is 3.65. The lowest BCUT2D eigenvalue weighted by Gasteiger charge is -2.37. The minimum atomic E-state index is 0.327. The van der Waals surface area contributed by atoms with Crippen LogP contribution in [-0.2, 0) is 0 Å². The third-order valence-electron chi connectivity index (χ3n) is 3.61. The molecule has 1 aromatic heterocycles. The first kappa shape index (κ1) is 13.8. The first-order chi connectivity index (χ1) is 8.74. The molecule has 0 spiro atoms. The second-order valence-corrected chi connectivity index (χ2v) is 6.29. The number of aromatic nitrogens is 1. The van der Waals surface area contributed by atoms with Crippen molar-refractivity contribution >= 4 is 11.8 Å². The highest BCUT2D eigenvalue weighted by Gasteiger charge is 2.25. The second kappa shape index (κ2) is 6.55. The summed E-state index contributed by atoms with van der Waals surface area (Å²) in [7, 11) is 0. The average molecular weight is 265 g/mol. The van der Waals surface area contributed by atoms with Gasteiger partial charge in [-0.05, 0) is 25.0 Å². The van der Waals surface area contributed by atoms with Crippen molar-refractivity contribution in [2.24, 2.45) is 5.73 Å². The first-order valence-electron chi connectivity index (χ1n) is 6.72. The normalized spacial score (nSPS) is 22.9. The van der Waals surface area contributed by atoms with E-state index in [-0.39, 0.29) is 0 Å². The molecule has 1 fully saturated rings. The molecule has 4 heteroatoms. The van der Waals surface area contributed by atoms with Crippen LogP contribution < -0.4 is 5.73 Å². The summed E-state index contributed by atoms with van der Waals surface area (Å²) in [6.45, 7) is 7.25. The molecule has 0 amide bonds. The van der Waals surface area contributed by atoms with Crippen LogP contribution in [0.25, 0.3) is 0 Å². The summed E-state index contributed by atoms with van der Waals surface area (Å²) in [5.74, 6) is 1.22. The number of hydrogen-bond acceptors (Lipinski definition) is 4. The SMILES string of the molecule is CCC1CN(C(CN)c2ccc(C)nc2)CCS1. The van der Waals surface area contributed by atoms with E-state index in [1.165, 1.54) is 17.7 Å². The number of hydrogen-bond donors (Lipinski definition) is 1. The Kier molecular flexibility index (Phi) is 5.03. The van der Waals surface area contributed by atoms with Gasteiger partial charge in [-0.1, -0.05) is 13.0 Å². The molecule has 1 aliphatic heterocycles. The maximum absolute atomic E-state index is 5.98. The second-order valence-electron chi connectivity index (χ2n) is 4.88. The van der Waals surface area contributed by atoms with Crippen LogP contribution in [0.3, 0.4) is 0 Å². The highest BCUT2D eigenvalue weighted by Crippen LogP contribution is 2.27. The van der Waals surface area contributed by atoms with Crippen LogP contribution in [0, 0.1) is 6.92 Å². The quantitative estimate of drug-likeness (QED) is 0.906. The van der Waals surface area contributed by atoms with Crippen molar-refractivity contribution in [3.63, 3.8) is 0 Å². The van der Waals surface area contributed by atoms with Crippen LogP contribution in [0.2, 0.25) is 0 Å². The number of nitrogens with two attached hydrogens (primary N) is 1. The molecule has 0 aliphatic carbocycles. The van der Waals surface area contributed by atoms with Gasteiger partial charge in [0, 0.05) is 48.6 Å². The van der Waals surface area contributed by atoms with Crippen LogP contribution in [-0.4, -0.2) is 40.5 Å². The van der Waals surface area contributed by atoms with Crippen molar-refractivity contribution in [3.8, 4) is 0 Å². The van der Waals surface area contributed by atoms with Crippen molar-refractivity contribution < 1.29 is 0 Å². The summed E-state index contributed by atoms with van der Waals surface area (Å²) in [6, 6.07) is 4.57. The fraction of sp³-hybridized carbons (Fsp3) is 0.643. The van der Waals surface area contributed by atoms with Gasteiger partial charge >= 0.3 is 0 Å². The molecule has 0 aromatic carbocycles. The Morgan fingerprint density at radius 2 is 2.39 bits per heavy atom. The zero-order valence-electron chi connectivity index (χ0n) is 11.3. The molecule has 3 nitrogen and oxygen atoms in total. The lowest BCUT2D eigenvalue weighted by molar-refractivity contribution is 0.207. The van der Waals surface area contributed by atoms with Gasteiger partial charge in [0.1, 0.15) is 0 Å². The molecule has 18 heavy (non-hydrogen) atoms. The number of nitrogens with zero attached hydrogens (tertiary/aromatic N) is 2. The van der Waals surface area contributed by atoms with Crippen LogP contribution in [0.15, 0.2) is 18.3 Å². The van der Waals surface area contributed by atoms with Gasteiger partial charge in [0.25, 0.3) is 0 Å². The van der Waals surface area contributed by atoms with Gasteiger partial charge in [0.15, 0.2) is 0 Å². The van der Waals surface area contributed by atoms with Crippen molar-refractivity contribution in [2.75, 3.05) is 25.4 Å². The minimum absolute atomic E-state index is 0.327. The fourth-order valence-electron chi connectivity index (χ4n) is 2.44. The van der Waals surface area contributed by atoms with E-state index in [0.717, 1.165) is 24.0 Å². The van der Waals surface area contributed by atoms with Crippen LogP contribution >= 0.6 is 11.8 Å². The maximum atomic E-state index is 5.98. The Bertz CT molecular complexity index is 366. The topological polar surface area (TPSA) is 42.1 Å². The molecule has 0 radical (unpaired) electrons. The molecular weight excluding hydrogens is 242 g/mol. The molecule has 2 N–H and O–H groups in total. The molecule has 1 aromatic rings. The number of rotatable bonds is 4. The Hall–Kier alpha value is -0.580. The molecule has 0 bridgehead atoms. The number of thioether (sulfide) groups is 1. The Labute approximate surface area is 114 Å². The highest BCUT2D eigenvalue weighted by molar-refractivity contribution is 8.00. The van der Waals surface area contributed by atoms with Crippen LogP contribution in [0.4, 0.5) is 0 Å². The molecular formula is C14H23N3S. The van der Waals surface area contributed by atoms with E-state index in [2.05, 4.69) is 40.7 Å². The van der Waals surface area contributed by atoms with Crippen molar-refractivity contribution in [1.29, 1.82) is 0 Å². The highest BCUT2D eigenvalue weighted by atomic mass is 32.2. The third-order valence-corrected chi connectivity index (χ3v) is 4.98. The van der Waals surface area contributed by atoms with Crippen molar-refractivity contribution in [1.82, 2.24) is 9.88 Å². The number of aryl methyl sites for hydroxylation is 1. The van der Waals surface area contributed by atoms with E-state index in [0.29, 0.717) is 12.6 Å². The molecule has 2 heterocycles. The average Bonchev–Trinajstić information content (AvgIpc) is 2.42. The van der Waals surface area contributed by atoms with Crippen LogP contribution in [0.1, 0.15) is 30.6 Å². The zero-order chi connectivity index (χ0) is 13.0. The van der Waals surface area contributed by atoms with E-state index in [1.54, 1.807) is 0 Å². The molecule has 1 aliphatic rings. The van der Waals surface area contributed by atoms with Gasteiger partial charge in [-0.15, -0.1) is 0 Å². The first-order valence-corrected chi connectivity index (χ1v) is 7.77. The van der Waals surface area contributed by atoms with E-state index in [4.69, 9.17) is 5.73 Å². The van der Waals surface area contributed by atoms with Gasteiger partial charge in [0.2, 0.25) is 0 Å². The molecule has 100 valence electrons. The summed E-state index contributed by atoms with van der Waals surface area (Å²) in [4.78, 5) is 6.92. The lowest BCUT2D eigenvalue weighted by atomic mass is 10.1. The number of pyridine rings is 1.